The highest BCUT2D eigenvalue weighted by molar-refractivity contribution is 9.10. The van der Waals surface area contributed by atoms with E-state index < -0.39 is 0 Å². The number of halogens is 3. The van der Waals surface area contributed by atoms with Gasteiger partial charge in [0.25, 0.3) is 0 Å². The van der Waals surface area contributed by atoms with Crippen molar-refractivity contribution in [3.05, 3.63) is 51.3 Å². The van der Waals surface area contributed by atoms with E-state index in [-0.39, 0.29) is 0 Å². The zero-order valence-electron chi connectivity index (χ0n) is 10.9. The van der Waals surface area contributed by atoms with Gasteiger partial charge in [-0.15, -0.1) is 0 Å². The van der Waals surface area contributed by atoms with Crippen LogP contribution in [0.2, 0.25) is 10.2 Å². The molecule has 2 aromatic heterocycles. The third-order valence-corrected chi connectivity index (χ3v) is 4.28. The number of hydrogen-bond donors (Lipinski definition) is 0. The quantitative estimate of drug-likeness (QED) is 0.606. The number of nitrogens with zero attached hydrogens (tertiary/aromatic N) is 4. The maximum Gasteiger partial charge on any atom is 0.161 e. The fourth-order valence-corrected chi connectivity index (χ4v) is 2.56. The molecule has 0 fully saturated rings. The second-order valence-electron chi connectivity index (χ2n) is 4.43. The molecule has 21 heavy (non-hydrogen) atoms. The molecule has 0 N–H and O–H groups in total. The largest absolute Gasteiger partial charge is 0.275 e. The summed E-state index contributed by atoms with van der Waals surface area (Å²) in [5, 5.41) is 5.15. The Morgan fingerprint density at radius 3 is 2.57 bits per heavy atom. The molecular formula is C14H9BrCl2N4. The van der Waals surface area contributed by atoms with Crippen LogP contribution in [0.1, 0.15) is 0 Å². The van der Waals surface area contributed by atoms with E-state index in [1.165, 1.54) is 0 Å². The Kier molecular flexibility index (Phi) is 3.97. The van der Waals surface area contributed by atoms with E-state index in [1.807, 2.05) is 25.4 Å². The van der Waals surface area contributed by atoms with E-state index >= 15 is 0 Å². The van der Waals surface area contributed by atoms with Crippen molar-refractivity contribution in [2.24, 2.45) is 7.05 Å². The van der Waals surface area contributed by atoms with E-state index in [2.05, 4.69) is 31.0 Å². The number of rotatable bonds is 2. The van der Waals surface area contributed by atoms with E-state index in [9.17, 15) is 0 Å². The first-order valence-corrected chi connectivity index (χ1v) is 7.57. The van der Waals surface area contributed by atoms with Crippen molar-refractivity contribution < 1.29 is 0 Å². The van der Waals surface area contributed by atoms with Crippen molar-refractivity contribution in [1.82, 2.24) is 19.7 Å². The average Bonchev–Trinajstić information content (AvgIpc) is 2.88. The van der Waals surface area contributed by atoms with Gasteiger partial charge in [0, 0.05) is 34.9 Å². The first-order valence-electron chi connectivity index (χ1n) is 6.02. The number of benzene rings is 1. The lowest BCUT2D eigenvalue weighted by Crippen LogP contribution is -1.93. The maximum atomic E-state index is 6.11. The predicted octanol–water partition coefficient (Wildman–Crippen LogP) is 4.61. The lowest BCUT2D eigenvalue weighted by atomic mass is 10.2. The normalized spacial score (nSPS) is 10.9. The second kappa shape index (κ2) is 5.75. The fraction of sp³-hybridized carbons (Fsp3) is 0.0714. The molecule has 0 saturated carbocycles. The van der Waals surface area contributed by atoms with E-state index in [4.69, 9.17) is 23.2 Å². The van der Waals surface area contributed by atoms with Crippen LogP contribution in [0, 0.1) is 0 Å². The molecule has 106 valence electrons. The molecule has 3 rings (SSSR count). The van der Waals surface area contributed by atoms with Crippen molar-refractivity contribution >= 4 is 39.1 Å². The second-order valence-corrected chi connectivity index (χ2v) is 6.08. The van der Waals surface area contributed by atoms with Crippen LogP contribution in [-0.2, 0) is 7.05 Å². The summed E-state index contributed by atoms with van der Waals surface area (Å²) >= 11 is 15.5. The summed E-state index contributed by atoms with van der Waals surface area (Å²) < 4.78 is 2.50. The van der Waals surface area contributed by atoms with Gasteiger partial charge in [-0.25, -0.2) is 9.97 Å². The van der Waals surface area contributed by atoms with Crippen LogP contribution in [0.4, 0.5) is 0 Å². The van der Waals surface area contributed by atoms with E-state index in [1.54, 1.807) is 23.0 Å². The third-order valence-electron chi connectivity index (χ3n) is 2.87. The SMILES string of the molecule is Cn1cc(-c2cc(Cl)nc(-c3ccc(Cl)c(Br)c3)n2)cn1. The van der Waals surface area contributed by atoms with Gasteiger partial charge in [-0.3, -0.25) is 4.68 Å². The lowest BCUT2D eigenvalue weighted by Gasteiger charge is -2.05. The van der Waals surface area contributed by atoms with Gasteiger partial charge in [0.05, 0.1) is 16.9 Å². The van der Waals surface area contributed by atoms with Crippen molar-refractivity contribution in [3.63, 3.8) is 0 Å². The number of hydrogen-bond acceptors (Lipinski definition) is 3. The number of aromatic nitrogens is 4. The molecule has 0 radical (unpaired) electrons. The van der Waals surface area contributed by atoms with Crippen LogP contribution in [0.15, 0.2) is 41.1 Å². The number of aryl methyl sites for hydroxylation is 1. The average molecular weight is 384 g/mol. The Morgan fingerprint density at radius 1 is 1.10 bits per heavy atom. The van der Waals surface area contributed by atoms with Gasteiger partial charge < -0.3 is 0 Å². The van der Waals surface area contributed by atoms with Crippen LogP contribution < -0.4 is 0 Å². The van der Waals surface area contributed by atoms with Gasteiger partial charge in [-0.05, 0) is 34.1 Å². The van der Waals surface area contributed by atoms with E-state index in [0.717, 1.165) is 21.3 Å². The summed E-state index contributed by atoms with van der Waals surface area (Å²) in [4.78, 5) is 8.82. The molecule has 7 heteroatoms. The predicted molar refractivity (Wildman–Crippen MR) is 87.4 cm³/mol. The van der Waals surface area contributed by atoms with Gasteiger partial charge in [0.1, 0.15) is 5.15 Å². The molecule has 3 aromatic rings. The van der Waals surface area contributed by atoms with Crippen molar-refractivity contribution in [1.29, 1.82) is 0 Å². The molecular weight excluding hydrogens is 375 g/mol. The monoisotopic (exact) mass is 382 g/mol. The fourth-order valence-electron chi connectivity index (χ4n) is 1.88. The summed E-state index contributed by atoms with van der Waals surface area (Å²) in [6, 6.07) is 7.22. The molecule has 0 aliphatic rings. The molecule has 0 spiro atoms. The van der Waals surface area contributed by atoms with Crippen molar-refractivity contribution in [2.75, 3.05) is 0 Å². The molecule has 1 aromatic carbocycles. The Labute approximate surface area is 139 Å². The van der Waals surface area contributed by atoms with Crippen molar-refractivity contribution in [2.45, 2.75) is 0 Å². The molecule has 0 unspecified atom stereocenters. The Bertz CT molecular complexity index is 816. The van der Waals surface area contributed by atoms with Gasteiger partial charge >= 0.3 is 0 Å². The van der Waals surface area contributed by atoms with E-state index in [0.29, 0.717) is 16.0 Å². The minimum absolute atomic E-state index is 0.380. The Morgan fingerprint density at radius 2 is 1.90 bits per heavy atom. The first kappa shape index (κ1) is 14.5. The summed E-state index contributed by atoms with van der Waals surface area (Å²) in [5.41, 5.74) is 2.44. The standard InChI is InChI=1S/C14H9BrCl2N4/c1-21-7-9(6-18-21)12-5-13(17)20-14(19-12)8-2-3-11(16)10(15)4-8/h2-7H,1H3. The van der Waals surface area contributed by atoms with Gasteiger partial charge in [-0.2, -0.15) is 5.10 Å². The summed E-state index contributed by atoms with van der Waals surface area (Å²) in [6.45, 7) is 0. The summed E-state index contributed by atoms with van der Waals surface area (Å²) in [7, 11) is 1.85. The highest BCUT2D eigenvalue weighted by atomic mass is 79.9. The Balaban J connectivity index is 2.11. The zero-order chi connectivity index (χ0) is 15.0. The first-order chi connectivity index (χ1) is 10.0. The molecule has 0 aliphatic carbocycles. The highest BCUT2D eigenvalue weighted by Crippen LogP contribution is 2.29. The molecule has 0 atom stereocenters. The minimum atomic E-state index is 0.380. The van der Waals surface area contributed by atoms with Crippen LogP contribution in [-0.4, -0.2) is 19.7 Å². The smallest absolute Gasteiger partial charge is 0.161 e. The van der Waals surface area contributed by atoms with Crippen molar-refractivity contribution in [3.8, 4) is 22.6 Å². The van der Waals surface area contributed by atoms with Gasteiger partial charge in [0.2, 0.25) is 0 Å². The molecule has 0 amide bonds. The molecule has 0 aliphatic heterocycles. The summed E-state index contributed by atoms with van der Waals surface area (Å²) in [5.74, 6) is 0.540. The highest BCUT2D eigenvalue weighted by Gasteiger charge is 2.10. The third kappa shape index (κ3) is 3.10. The van der Waals surface area contributed by atoms with Crippen LogP contribution in [0.5, 0.6) is 0 Å². The molecule has 0 bridgehead atoms. The molecule has 2 heterocycles. The zero-order valence-corrected chi connectivity index (χ0v) is 14.0. The minimum Gasteiger partial charge on any atom is -0.275 e. The lowest BCUT2D eigenvalue weighted by molar-refractivity contribution is 0.768. The van der Waals surface area contributed by atoms with Gasteiger partial charge in [0.15, 0.2) is 5.82 Å². The maximum absolute atomic E-state index is 6.11. The van der Waals surface area contributed by atoms with Gasteiger partial charge in [-0.1, -0.05) is 23.2 Å². The molecule has 4 nitrogen and oxygen atoms in total. The van der Waals surface area contributed by atoms with Crippen LogP contribution in [0.3, 0.4) is 0 Å². The van der Waals surface area contributed by atoms with Crippen LogP contribution >= 0.6 is 39.1 Å². The Hall–Kier alpha value is -1.43. The molecule has 0 saturated heterocycles. The topological polar surface area (TPSA) is 43.6 Å². The summed E-state index contributed by atoms with van der Waals surface area (Å²) in [6.07, 6.45) is 3.61. The van der Waals surface area contributed by atoms with Crippen LogP contribution in [0.25, 0.3) is 22.6 Å².